The Balaban J connectivity index is 1.49. The third kappa shape index (κ3) is 4.60. The average Bonchev–Trinajstić information content (AvgIpc) is 3.31. The molecule has 2 aromatic heterocycles. The van der Waals surface area contributed by atoms with Crippen LogP contribution in [-0.4, -0.2) is 57.0 Å². The van der Waals surface area contributed by atoms with Crippen LogP contribution >= 0.6 is 0 Å². The van der Waals surface area contributed by atoms with Gasteiger partial charge in [0.25, 0.3) is 5.91 Å². The van der Waals surface area contributed by atoms with E-state index in [-0.39, 0.29) is 5.91 Å². The lowest BCUT2D eigenvalue weighted by Crippen LogP contribution is -2.34. The molecule has 1 amide bonds. The molecule has 8 nitrogen and oxygen atoms in total. The van der Waals surface area contributed by atoms with Gasteiger partial charge in [-0.15, -0.1) is 5.10 Å². The number of amides is 1. The van der Waals surface area contributed by atoms with Crippen LogP contribution in [0.15, 0.2) is 60.8 Å². The van der Waals surface area contributed by atoms with Crippen molar-refractivity contribution in [1.29, 1.82) is 0 Å². The molecule has 164 valence electrons. The topological polar surface area (TPSA) is 102 Å². The lowest BCUT2D eigenvalue weighted by atomic mass is 10.1. The molecule has 2 aromatic carbocycles. The van der Waals surface area contributed by atoms with Gasteiger partial charge in [-0.05, 0) is 49.5 Å². The second kappa shape index (κ2) is 9.57. The summed E-state index contributed by atoms with van der Waals surface area (Å²) in [7, 11) is 0. The van der Waals surface area contributed by atoms with Crippen molar-refractivity contribution < 1.29 is 4.79 Å². The Morgan fingerprint density at radius 1 is 1.09 bits per heavy atom. The van der Waals surface area contributed by atoms with E-state index < -0.39 is 0 Å². The Kier molecular flexibility index (Phi) is 6.42. The normalized spacial score (nSPS) is 11.2. The van der Waals surface area contributed by atoms with E-state index in [0.717, 1.165) is 41.8 Å². The number of hydrogen-bond donors (Lipinski definition) is 2. The summed E-state index contributed by atoms with van der Waals surface area (Å²) in [6, 6.07) is 16.9. The van der Waals surface area contributed by atoms with Gasteiger partial charge >= 0.3 is 0 Å². The molecular formula is C24H27N7O. The number of anilines is 1. The first kappa shape index (κ1) is 21.5. The predicted octanol–water partition coefficient (Wildman–Crippen LogP) is 3.14. The number of pyridine rings is 1. The first-order chi connectivity index (χ1) is 15.6. The number of rotatable bonds is 8. The summed E-state index contributed by atoms with van der Waals surface area (Å²) in [6.45, 7) is 7.65. The molecule has 0 radical (unpaired) electrons. The number of likely N-dealkylation sites (N-methyl/N-ethyl adjacent to an activating group) is 1. The van der Waals surface area contributed by atoms with Gasteiger partial charge in [0.1, 0.15) is 11.5 Å². The van der Waals surface area contributed by atoms with E-state index in [1.807, 2.05) is 48.7 Å². The molecule has 0 saturated heterocycles. The molecule has 0 aliphatic rings. The number of hydrogen-bond acceptors (Lipinski definition) is 6. The quantitative estimate of drug-likeness (QED) is 0.446. The highest BCUT2D eigenvalue weighted by Crippen LogP contribution is 2.28. The molecule has 0 atom stereocenters. The smallest absolute Gasteiger partial charge is 0.251 e. The number of para-hydroxylation sites is 1. The van der Waals surface area contributed by atoms with E-state index in [2.05, 4.69) is 39.4 Å². The SMILES string of the molecule is CCN(CC)CCNC(=O)c1ccc(-n2cc(-c3cc(N)nc4ccccc34)nn2)cc1. The molecule has 32 heavy (non-hydrogen) atoms. The summed E-state index contributed by atoms with van der Waals surface area (Å²) in [5.41, 5.74) is 9.81. The molecule has 0 saturated carbocycles. The Morgan fingerprint density at radius 3 is 2.59 bits per heavy atom. The summed E-state index contributed by atoms with van der Waals surface area (Å²) in [5.74, 6) is 0.353. The number of nitrogens with zero attached hydrogens (tertiary/aromatic N) is 5. The van der Waals surface area contributed by atoms with E-state index in [1.54, 1.807) is 16.8 Å². The van der Waals surface area contributed by atoms with Gasteiger partial charge in [0.2, 0.25) is 0 Å². The van der Waals surface area contributed by atoms with Crippen molar-refractivity contribution in [2.24, 2.45) is 0 Å². The number of aromatic nitrogens is 4. The maximum absolute atomic E-state index is 12.4. The molecule has 0 aliphatic carbocycles. The summed E-state index contributed by atoms with van der Waals surface area (Å²) in [6.07, 6.45) is 1.85. The first-order valence-electron chi connectivity index (χ1n) is 10.8. The Hall–Kier alpha value is -3.78. The fraction of sp³-hybridized carbons (Fsp3) is 0.250. The molecule has 2 heterocycles. The second-order valence-corrected chi connectivity index (χ2v) is 7.49. The molecule has 0 spiro atoms. The second-order valence-electron chi connectivity index (χ2n) is 7.49. The minimum Gasteiger partial charge on any atom is -0.384 e. The molecule has 8 heteroatoms. The Morgan fingerprint density at radius 2 is 1.84 bits per heavy atom. The Bertz CT molecular complexity index is 1210. The van der Waals surface area contributed by atoms with Crippen molar-refractivity contribution in [3.8, 4) is 16.9 Å². The van der Waals surface area contributed by atoms with Crippen LogP contribution in [0, 0.1) is 0 Å². The zero-order valence-electron chi connectivity index (χ0n) is 18.3. The van der Waals surface area contributed by atoms with Gasteiger partial charge in [-0.25, -0.2) is 9.67 Å². The maximum atomic E-state index is 12.4. The fourth-order valence-electron chi connectivity index (χ4n) is 3.66. The van der Waals surface area contributed by atoms with E-state index >= 15 is 0 Å². The highest BCUT2D eigenvalue weighted by atomic mass is 16.1. The van der Waals surface area contributed by atoms with Crippen molar-refractivity contribution in [1.82, 2.24) is 30.2 Å². The maximum Gasteiger partial charge on any atom is 0.251 e. The molecule has 0 unspecified atom stereocenters. The first-order valence-corrected chi connectivity index (χ1v) is 10.8. The highest BCUT2D eigenvalue weighted by Gasteiger charge is 2.12. The number of benzene rings is 2. The lowest BCUT2D eigenvalue weighted by molar-refractivity contribution is 0.0949. The summed E-state index contributed by atoms with van der Waals surface area (Å²) < 4.78 is 1.68. The third-order valence-corrected chi connectivity index (χ3v) is 5.51. The predicted molar refractivity (Wildman–Crippen MR) is 127 cm³/mol. The van der Waals surface area contributed by atoms with Crippen LogP contribution in [0.5, 0.6) is 0 Å². The van der Waals surface area contributed by atoms with E-state index in [4.69, 9.17) is 5.73 Å². The zero-order valence-corrected chi connectivity index (χ0v) is 18.3. The van der Waals surface area contributed by atoms with Gasteiger partial charge in [-0.2, -0.15) is 0 Å². The number of carbonyl (C=O) groups is 1. The van der Waals surface area contributed by atoms with Crippen LogP contribution in [0.4, 0.5) is 5.82 Å². The Labute approximate surface area is 187 Å². The molecule has 0 aliphatic heterocycles. The van der Waals surface area contributed by atoms with Crippen molar-refractivity contribution in [3.63, 3.8) is 0 Å². The van der Waals surface area contributed by atoms with Crippen LogP contribution in [-0.2, 0) is 0 Å². The summed E-state index contributed by atoms with van der Waals surface area (Å²) >= 11 is 0. The minimum atomic E-state index is -0.0817. The van der Waals surface area contributed by atoms with Crippen LogP contribution in [0.3, 0.4) is 0 Å². The van der Waals surface area contributed by atoms with Gasteiger partial charge in [0, 0.05) is 29.6 Å². The van der Waals surface area contributed by atoms with Gasteiger partial charge in [0.15, 0.2) is 0 Å². The van der Waals surface area contributed by atoms with E-state index in [9.17, 15) is 4.79 Å². The monoisotopic (exact) mass is 429 g/mol. The number of nitrogens with two attached hydrogens (primary N) is 1. The van der Waals surface area contributed by atoms with Gasteiger partial charge in [0.05, 0.1) is 17.4 Å². The van der Waals surface area contributed by atoms with Crippen molar-refractivity contribution in [2.75, 3.05) is 31.9 Å². The third-order valence-electron chi connectivity index (χ3n) is 5.51. The number of fused-ring (bicyclic) bond motifs is 1. The van der Waals surface area contributed by atoms with Crippen LogP contribution in [0.2, 0.25) is 0 Å². The van der Waals surface area contributed by atoms with Gasteiger partial charge < -0.3 is 16.0 Å². The fourth-order valence-corrected chi connectivity index (χ4v) is 3.66. The van der Waals surface area contributed by atoms with Gasteiger partial charge in [-0.3, -0.25) is 4.79 Å². The van der Waals surface area contributed by atoms with E-state index in [0.29, 0.717) is 23.6 Å². The number of carbonyl (C=O) groups excluding carboxylic acids is 1. The zero-order chi connectivity index (χ0) is 22.5. The highest BCUT2D eigenvalue weighted by molar-refractivity contribution is 5.95. The molecule has 0 bridgehead atoms. The number of nitrogen functional groups attached to an aromatic ring is 1. The average molecular weight is 430 g/mol. The van der Waals surface area contributed by atoms with E-state index in [1.165, 1.54) is 0 Å². The molecule has 0 fully saturated rings. The summed E-state index contributed by atoms with van der Waals surface area (Å²) in [4.78, 5) is 19.1. The molecule has 3 N–H and O–H groups in total. The van der Waals surface area contributed by atoms with Crippen molar-refractivity contribution in [2.45, 2.75) is 13.8 Å². The van der Waals surface area contributed by atoms with Crippen molar-refractivity contribution in [3.05, 3.63) is 66.4 Å². The lowest BCUT2D eigenvalue weighted by Gasteiger charge is -2.17. The van der Waals surface area contributed by atoms with Crippen LogP contribution in [0.1, 0.15) is 24.2 Å². The number of nitrogens with one attached hydrogen (secondary N) is 1. The largest absolute Gasteiger partial charge is 0.384 e. The summed E-state index contributed by atoms with van der Waals surface area (Å²) in [5, 5.41) is 12.5. The van der Waals surface area contributed by atoms with Crippen molar-refractivity contribution >= 4 is 22.6 Å². The molecule has 4 rings (SSSR count). The molecule has 4 aromatic rings. The van der Waals surface area contributed by atoms with Gasteiger partial charge in [-0.1, -0.05) is 37.3 Å². The molecular weight excluding hydrogens is 402 g/mol. The standard InChI is InChI=1S/C24H27N7O/c1-3-30(4-2)14-13-26-24(32)17-9-11-18(12-10-17)31-16-22(28-29-31)20-15-23(25)27-21-8-6-5-7-19(20)21/h5-12,15-16H,3-4,13-14H2,1-2H3,(H2,25,27)(H,26,32). The minimum absolute atomic E-state index is 0.0817. The van der Waals surface area contributed by atoms with Crippen LogP contribution < -0.4 is 11.1 Å². The van der Waals surface area contributed by atoms with Crippen LogP contribution in [0.25, 0.3) is 27.8 Å².